The number of rotatable bonds is 24. The molecule has 34 heteroatoms. The van der Waals surface area contributed by atoms with Crippen molar-refractivity contribution in [3.63, 3.8) is 0 Å². The average Bonchev–Trinajstić information content (AvgIpc) is 3.24. The highest BCUT2D eigenvalue weighted by Gasteiger charge is 2.50. The van der Waals surface area contributed by atoms with Crippen molar-refractivity contribution in [2.45, 2.75) is 138 Å². The molecule has 89 heavy (non-hydrogen) atoms. The monoisotopic (exact) mass is 1290 g/mol. The van der Waals surface area contributed by atoms with Crippen LogP contribution in [0, 0.1) is 5.92 Å². The molecule has 2 aromatic carbocycles. The molecule has 0 bridgehead atoms. The van der Waals surface area contributed by atoms with Gasteiger partial charge in [0.2, 0.25) is 47.3 Å². The predicted molar refractivity (Wildman–Crippen MR) is 311 cm³/mol. The van der Waals surface area contributed by atoms with Gasteiger partial charge in [-0.2, -0.15) is 0 Å². The van der Waals surface area contributed by atoms with Gasteiger partial charge in [-0.05, 0) is 74.2 Å². The Balaban J connectivity index is 1.28. The third-order valence-electron chi connectivity index (χ3n) is 14.6. The Hall–Kier alpha value is -7.45. The number of unbranched alkanes of at least 4 members (excludes halogenated alkanes) is 3. The van der Waals surface area contributed by atoms with E-state index in [4.69, 9.17) is 24.6 Å². The number of amides is 8. The minimum absolute atomic E-state index is 0.0252. The lowest BCUT2D eigenvalue weighted by atomic mass is 9.96. The molecular weight excluding hydrogens is 1220 g/mol. The van der Waals surface area contributed by atoms with Gasteiger partial charge in [-0.3, -0.25) is 38.4 Å². The van der Waals surface area contributed by atoms with Gasteiger partial charge >= 0.3 is 0 Å². The average molecular weight is 1290 g/mol. The number of ether oxygens (including phenoxy) is 2. The number of nitrogens with two attached hydrogens (primary N) is 1. The molecule has 0 saturated carbocycles. The maximum Gasteiger partial charge on any atom is 0.261 e. The number of phenolic OH excluding ortho intramolecular Hbond substituents is 1. The maximum atomic E-state index is 14.6. The van der Waals surface area contributed by atoms with E-state index in [1.807, 2.05) is 24.3 Å². The molecule has 6 rings (SSSR count). The van der Waals surface area contributed by atoms with Crippen LogP contribution in [-0.2, 0) is 52.5 Å². The van der Waals surface area contributed by atoms with Crippen LogP contribution in [0.3, 0.4) is 0 Å². The zero-order chi connectivity index (χ0) is 65.1. The summed E-state index contributed by atoms with van der Waals surface area (Å²) < 4.78 is 20.1. The smallest absolute Gasteiger partial charge is 0.261 e. The molecule has 16 N–H and O–H groups in total. The molecule has 14 atom stereocenters. The van der Waals surface area contributed by atoms with Crippen molar-refractivity contribution in [1.82, 2.24) is 46.6 Å². The van der Waals surface area contributed by atoms with Gasteiger partial charge in [-0.15, -0.1) is 10.2 Å². The zero-order valence-electron chi connectivity index (χ0n) is 48.4. The molecular formula is C55H74N10O22S2. The van der Waals surface area contributed by atoms with Crippen molar-refractivity contribution in [2.24, 2.45) is 11.7 Å². The van der Waals surface area contributed by atoms with Crippen molar-refractivity contribution in [2.75, 3.05) is 40.0 Å². The molecule has 0 aliphatic carbocycles. The number of hydrogen-bond donors (Lipinski definition) is 15. The van der Waals surface area contributed by atoms with E-state index in [0.29, 0.717) is 22.4 Å². The molecule has 32 nitrogen and oxygen atoms in total. The minimum Gasteiger partial charge on any atom is -0.504 e. The second kappa shape index (κ2) is 33.9. The lowest BCUT2D eigenvalue weighted by Crippen LogP contribution is -2.64. The Kier molecular flexibility index (Phi) is 26.9. The molecule has 3 aromatic rings. The van der Waals surface area contributed by atoms with E-state index >= 15 is 0 Å². The largest absolute Gasteiger partial charge is 0.504 e. The number of carbonyl (C=O) groups is 8. The normalized spacial score (nSPS) is 25.7. The first-order valence-electron chi connectivity index (χ1n) is 28.1. The van der Waals surface area contributed by atoms with Crippen LogP contribution in [-0.4, -0.2) is 226 Å². The molecule has 0 radical (unpaired) electrons. The van der Waals surface area contributed by atoms with Gasteiger partial charge in [0.25, 0.3) is 12.3 Å². The number of aromatic hydroxyl groups is 1. The molecule has 1 aromatic heterocycles. The van der Waals surface area contributed by atoms with Crippen LogP contribution in [0.2, 0.25) is 0 Å². The lowest BCUT2D eigenvalue weighted by molar-refractivity contribution is -0.433. The third kappa shape index (κ3) is 19.8. The molecule has 3 aliphatic heterocycles. The molecule has 14 unspecified atom stereocenters. The number of aliphatic hydroxyl groups is 7. The highest BCUT2D eigenvalue weighted by atomic mass is 32.2. The van der Waals surface area contributed by atoms with E-state index in [1.54, 1.807) is 13.2 Å². The van der Waals surface area contributed by atoms with Gasteiger partial charge in [0.05, 0.1) is 43.5 Å². The van der Waals surface area contributed by atoms with Crippen LogP contribution in [0.5, 0.6) is 17.2 Å². The summed E-state index contributed by atoms with van der Waals surface area (Å²) in [7, 11) is 1.67. The Morgan fingerprint density at radius 2 is 1.52 bits per heavy atom. The van der Waals surface area contributed by atoms with Crippen molar-refractivity contribution < 1.29 is 107 Å². The quantitative estimate of drug-likeness (QED) is 0.0107. The Labute approximate surface area is 517 Å². The van der Waals surface area contributed by atoms with Gasteiger partial charge in [-0.25, -0.2) is 5.26 Å². The summed E-state index contributed by atoms with van der Waals surface area (Å²) in [6.07, 6.45) is -6.84. The number of β-amino-alcohol motifs (C(OH)–C–C–N with tert-alkyl or cyclic N) is 1. The van der Waals surface area contributed by atoms with E-state index in [2.05, 4.69) is 46.2 Å². The van der Waals surface area contributed by atoms with Crippen molar-refractivity contribution in [3.8, 4) is 27.8 Å². The van der Waals surface area contributed by atoms with E-state index in [0.717, 1.165) is 78.9 Å². The minimum atomic E-state index is -2.53. The maximum absolute atomic E-state index is 14.6. The SMILES string of the molecule is COCCCCCCOc1ccc(-c2nnc(/C=C/C=C/C(=O)NC3CC(O)CNC(=O)C4C(O)C(C)CN4C(=O)C(C(O)CC(N)=O)NC(=O)C(C(O)C(O)c4ccc(O)c(OSOOO)c4)NC(=O)C4CC(O)CN4C(=O)C(C(C)O)NC3=O)s2)cc1. The number of aromatic nitrogens is 2. The van der Waals surface area contributed by atoms with Gasteiger partial charge < -0.3 is 96.6 Å². The van der Waals surface area contributed by atoms with E-state index in [9.17, 15) is 79.2 Å². The summed E-state index contributed by atoms with van der Waals surface area (Å²) in [6, 6.07) is -2.00. The van der Waals surface area contributed by atoms with Gasteiger partial charge in [0.15, 0.2) is 11.5 Å². The summed E-state index contributed by atoms with van der Waals surface area (Å²) in [5.74, 6) is -11.3. The highest BCUT2D eigenvalue weighted by Crippen LogP contribution is 2.34. The number of methoxy groups -OCH3 is 1. The molecule has 488 valence electrons. The van der Waals surface area contributed by atoms with E-state index in [-0.39, 0.29) is 17.9 Å². The number of primary amides is 1. The number of phenols is 1. The third-order valence-corrected chi connectivity index (χ3v) is 15.9. The first-order valence-corrected chi connectivity index (χ1v) is 29.6. The molecule has 3 fully saturated rings. The van der Waals surface area contributed by atoms with Crippen LogP contribution >= 0.6 is 23.7 Å². The molecule has 3 saturated heterocycles. The van der Waals surface area contributed by atoms with Crippen LogP contribution in [0.1, 0.15) is 75.5 Å². The number of carbonyl (C=O) groups excluding carboxylic acids is 8. The van der Waals surface area contributed by atoms with Gasteiger partial charge in [0, 0.05) is 63.7 Å². The number of fused-ring (bicyclic) bond motifs is 2. The topological polar surface area (TPSA) is 483 Å². The summed E-state index contributed by atoms with van der Waals surface area (Å²) in [4.78, 5) is 114. The Bertz CT molecular complexity index is 2980. The summed E-state index contributed by atoms with van der Waals surface area (Å²) in [5, 5.41) is 123. The summed E-state index contributed by atoms with van der Waals surface area (Å²) in [6.45, 7) is 1.97. The van der Waals surface area contributed by atoms with E-state index in [1.165, 1.54) is 30.4 Å². The summed E-state index contributed by atoms with van der Waals surface area (Å²) >= 11 is 1.22. The number of benzene rings is 2. The standard InChI is InChI=1S/C55H74N10O22S2/c1-27-25-65-45(46(27)73)52(79)57-24-31(67)21-34(58-40(72)10-6-7-11-41-62-63-53(88-41)29-12-15-33(16-13-29)84-19-9-5-4-8-18-83-3)49(76)59-42(28(2)66)54(80)64-26-32(68)22-35(64)50(77)61-44(51(78)60-43(55(65)81)37(70)23-39(56)71)48(75)47(74)30-14-17-36(69)38(20-30)85-89-87-86-82/h6-7,10-17,20,27-28,31-32,34-35,37,42-48,66-70,73-75,82H,4-5,8-9,18-19,21-26H2,1-3H3,(H2,56,71)(H,57,79)(H,58,72)(H,59,76)(H,60,78)(H,61,77)/b10-6+,11-7+. The predicted octanol–water partition coefficient (Wildman–Crippen LogP) is -2.87. The van der Waals surface area contributed by atoms with Crippen molar-refractivity contribution in [3.05, 3.63) is 71.3 Å². The fraction of sp³-hybridized carbons (Fsp3) is 0.527. The molecule has 4 heterocycles. The molecule has 0 spiro atoms. The first-order chi connectivity index (χ1) is 42.4. The fourth-order valence-electron chi connectivity index (χ4n) is 9.94. The number of nitrogens with one attached hydrogen (secondary N) is 5. The van der Waals surface area contributed by atoms with Gasteiger partial charge in [-0.1, -0.05) is 52.3 Å². The first kappa shape index (κ1) is 70.6. The van der Waals surface area contributed by atoms with Crippen LogP contribution in [0.25, 0.3) is 16.6 Å². The zero-order valence-corrected chi connectivity index (χ0v) is 50.1. The number of nitrogens with zero attached hydrogens (tertiary/aromatic N) is 4. The highest BCUT2D eigenvalue weighted by molar-refractivity contribution is 7.90. The second-order valence-corrected chi connectivity index (χ2v) is 22.8. The Morgan fingerprint density at radius 3 is 2.20 bits per heavy atom. The lowest BCUT2D eigenvalue weighted by Gasteiger charge is -2.34. The Morgan fingerprint density at radius 1 is 0.831 bits per heavy atom. The van der Waals surface area contributed by atoms with Crippen molar-refractivity contribution >= 4 is 77.0 Å². The second-order valence-electron chi connectivity index (χ2n) is 21.3. The van der Waals surface area contributed by atoms with Crippen LogP contribution < -0.4 is 41.2 Å². The van der Waals surface area contributed by atoms with Crippen molar-refractivity contribution in [1.29, 1.82) is 0 Å². The molecule has 8 amide bonds. The van der Waals surface area contributed by atoms with Gasteiger partial charge in [0.1, 0.15) is 64.2 Å². The molecule has 3 aliphatic rings. The summed E-state index contributed by atoms with van der Waals surface area (Å²) in [5.41, 5.74) is 5.80. The van der Waals surface area contributed by atoms with E-state index < -0.39 is 183 Å². The number of aliphatic hydroxyl groups excluding tert-OH is 7. The van der Waals surface area contributed by atoms with Crippen LogP contribution in [0.15, 0.2) is 60.7 Å². The number of hydrogen-bond acceptors (Lipinski definition) is 26. The fourth-order valence-corrected chi connectivity index (χ4v) is 11.0. The number of allylic oxidation sites excluding steroid dienone is 2. The van der Waals surface area contributed by atoms with Crippen LogP contribution in [0.4, 0.5) is 0 Å².